The molecule has 1 amide bonds. The number of carbonyl (C=O) groups is 1. The van der Waals surface area contributed by atoms with Crippen LogP contribution in [0.25, 0.3) is 0 Å². The molecule has 1 unspecified atom stereocenters. The summed E-state index contributed by atoms with van der Waals surface area (Å²) < 4.78 is 0. The standard InChI is InChI=1S/C15H24N2O2/c1-12(2)15(3,19)11-16-14(18)10-17(4)13-8-6-5-7-9-13/h5-9,12,19H,10-11H2,1-4H3,(H,16,18). The van der Waals surface area contributed by atoms with Gasteiger partial charge in [0.15, 0.2) is 0 Å². The Morgan fingerprint density at radius 3 is 2.47 bits per heavy atom. The van der Waals surface area contributed by atoms with Crippen LogP contribution >= 0.6 is 0 Å². The number of benzene rings is 1. The number of rotatable bonds is 6. The first-order valence-electron chi connectivity index (χ1n) is 6.58. The summed E-state index contributed by atoms with van der Waals surface area (Å²) in [6, 6.07) is 9.73. The van der Waals surface area contributed by atoms with Gasteiger partial charge in [-0.15, -0.1) is 0 Å². The van der Waals surface area contributed by atoms with Crippen LogP contribution < -0.4 is 10.2 Å². The minimum absolute atomic E-state index is 0.0905. The number of amides is 1. The van der Waals surface area contributed by atoms with Crippen molar-refractivity contribution in [2.24, 2.45) is 5.92 Å². The van der Waals surface area contributed by atoms with E-state index in [0.717, 1.165) is 5.69 Å². The highest BCUT2D eigenvalue weighted by molar-refractivity contribution is 5.81. The number of carbonyl (C=O) groups excluding carboxylic acids is 1. The van der Waals surface area contributed by atoms with E-state index in [1.54, 1.807) is 6.92 Å². The number of hydrogen-bond donors (Lipinski definition) is 2. The van der Waals surface area contributed by atoms with Crippen molar-refractivity contribution in [3.05, 3.63) is 30.3 Å². The summed E-state index contributed by atoms with van der Waals surface area (Å²) in [6.07, 6.45) is 0. The van der Waals surface area contributed by atoms with Crippen LogP contribution in [0.3, 0.4) is 0 Å². The van der Waals surface area contributed by atoms with Gasteiger partial charge in [-0.05, 0) is 25.0 Å². The highest BCUT2D eigenvalue weighted by Crippen LogP contribution is 2.14. The molecule has 0 radical (unpaired) electrons. The lowest BCUT2D eigenvalue weighted by Gasteiger charge is -2.28. The summed E-state index contributed by atoms with van der Waals surface area (Å²) in [6.45, 7) is 6.15. The predicted octanol–water partition coefficient (Wildman–Crippen LogP) is 1.65. The molecule has 0 heterocycles. The molecule has 19 heavy (non-hydrogen) atoms. The average molecular weight is 264 g/mol. The molecule has 1 atom stereocenters. The Hall–Kier alpha value is -1.55. The topological polar surface area (TPSA) is 52.6 Å². The number of likely N-dealkylation sites (N-methyl/N-ethyl adjacent to an activating group) is 1. The summed E-state index contributed by atoms with van der Waals surface area (Å²) >= 11 is 0. The molecular weight excluding hydrogens is 240 g/mol. The van der Waals surface area contributed by atoms with E-state index in [1.165, 1.54) is 0 Å². The molecule has 1 aromatic rings. The summed E-state index contributed by atoms with van der Waals surface area (Å²) in [5.41, 5.74) is 0.120. The number of nitrogens with zero attached hydrogens (tertiary/aromatic N) is 1. The zero-order valence-corrected chi connectivity index (χ0v) is 12.2. The van der Waals surface area contributed by atoms with Crippen LogP contribution in [-0.2, 0) is 4.79 Å². The van der Waals surface area contributed by atoms with Crippen LogP contribution in [0.15, 0.2) is 30.3 Å². The van der Waals surface area contributed by atoms with E-state index < -0.39 is 5.60 Å². The Morgan fingerprint density at radius 2 is 1.95 bits per heavy atom. The first-order valence-corrected chi connectivity index (χ1v) is 6.58. The maximum absolute atomic E-state index is 11.8. The van der Waals surface area contributed by atoms with Crippen LogP contribution in [-0.4, -0.2) is 36.8 Å². The van der Waals surface area contributed by atoms with Gasteiger partial charge in [0.1, 0.15) is 0 Å². The third-order valence-corrected chi connectivity index (χ3v) is 3.46. The van der Waals surface area contributed by atoms with Gasteiger partial charge in [0.25, 0.3) is 0 Å². The number of nitrogens with one attached hydrogen (secondary N) is 1. The van der Waals surface area contributed by atoms with Gasteiger partial charge in [0, 0.05) is 19.3 Å². The number of aliphatic hydroxyl groups is 1. The van der Waals surface area contributed by atoms with Gasteiger partial charge < -0.3 is 15.3 Å². The van der Waals surface area contributed by atoms with Crippen LogP contribution in [0.4, 0.5) is 5.69 Å². The molecule has 0 aliphatic rings. The van der Waals surface area contributed by atoms with Crippen molar-refractivity contribution in [1.82, 2.24) is 5.32 Å². The van der Waals surface area contributed by atoms with Crippen molar-refractivity contribution in [3.8, 4) is 0 Å². The second kappa shape index (κ2) is 6.57. The summed E-state index contributed by atoms with van der Waals surface area (Å²) in [5.74, 6) is 0.00642. The molecule has 1 rings (SSSR count). The normalized spacial score (nSPS) is 14.0. The Morgan fingerprint density at radius 1 is 1.37 bits per heavy atom. The van der Waals surface area contributed by atoms with E-state index in [2.05, 4.69) is 5.32 Å². The summed E-state index contributed by atoms with van der Waals surface area (Å²) in [5, 5.41) is 12.8. The average Bonchev–Trinajstić information content (AvgIpc) is 2.37. The monoisotopic (exact) mass is 264 g/mol. The molecule has 0 spiro atoms. The molecule has 0 aliphatic heterocycles. The molecule has 106 valence electrons. The molecule has 1 aromatic carbocycles. The molecule has 2 N–H and O–H groups in total. The third-order valence-electron chi connectivity index (χ3n) is 3.46. The quantitative estimate of drug-likeness (QED) is 0.821. The second-order valence-electron chi connectivity index (χ2n) is 5.48. The SMILES string of the molecule is CC(C)C(C)(O)CNC(=O)CN(C)c1ccccc1. The van der Waals surface area contributed by atoms with E-state index in [4.69, 9.17) is 0 Å². The van der Waals surface area contributed by atoms with E-state index in [1.807, 2.05) is 56.1 Å². The Labute approximate surface area is 115 Å². The molecule has 0 bridgehead atoms. The van der Waals surface area contributed by atoms with Gasteiger partial charge in [-0.25, -0.2) is 0 Å². The van der Waals surface area contributed by atoms with Crippen molar-refractivity contribution in [2.75, 3.05) is 25.0 Å². The lowest BCUT2D eigenvalue weighted by molar-refractivity contribution is -0.121. The molecule has 0 saturated heterocycles. The number of hydrogen-bond acceptors (Lipinski definition) is 3. The van der Waals surface area contributed by atoms with Gasteiger partial charge in [-0.2, -0.15) is 0 Å². The zero-order chi connectivity index (χ0) is 14.5. The van der Waals surface area contributed by atoms with Gasteiger partial charge in [-0.1, -0.05) is 32.0 Å². The number of para-hydroxylation sites is 1. The molecular formula is C15H24N2O2. The maximum Gasteiger partial charge on any atom is 0.239 e. The fourth-order valence-electron chi connectivity index (χ4n) is 1.53. The summed E-state index contributed by atoms with van der Waals surface area (Å²) in [4.78, 5) is 13.7. The first kappa shape index (κ1) is 15.5. The van der Waals surface area contributed by atoms with Crippen molar-refractivity contribution in [3.63, 3.8) is 0 Å². The highest BCUT2D eigenvalue weighted by Gasteiger charge is 2.25. The van der Waals surface area contributed by atoms with Crippen molar-refractivity contribution >= 4 is 11.6 Å². The molecule has 0 aromatic heterocycles. The second-order valence-corrected chi connectivity index (χ2v) is 5.48. The van der Waals surface area contributed by atoms with E-state index >= 15 is 0 Å². The van der Waals surface area contributed by atoms with Gasteiger partial charge >= 0.3 is 0 Å². The van der Waals surface area contributed by atoms with E-state index in [9.17, 15) is 9.90 Å². The van der Waals surface area contributed by atoms with Crippen LogP contribution in [0.2, 0.25) is 0 Å². The minimum atomic E-state index is -0.874. The number of anilines is 1. The van der Waals surface area contributed by atoms with Crippen LogP contribution in [0.1, 0.15) is 20.8 Å². The molecule has 4 nitrogen and oxygen atoms in total. The molecule has 0 aliphatic carbocycles. The molecule has 0 saturated carbocycles. The molecule has 0 fully saturated rings. The van der Waals surface area contributed by atoms with Crippen LogP contribution in [0, 0.1) is 5.92 Å². The maximum atomic E-state index is 11.8. The van der Waals surface area contributed by atoms with Crippen molar-refractivity contribution in [1.29, 1.82) is 0 Å². The minimum Gasteiger partial charge on any atom is -0.388 e. The van der Waals surface area contributed by atoms with E-state index in [0.29, 0.717) is 0 Å². The Bertz CT molecular complexity index is 402. The van der Waals surface area contributed by atoms with Gasteiger partial charge in [-0.3, -0.25) is 4.79 Å². The lowest BCUT2D eigenvalue weighted by atomic mass is 9.92. The highest BCUT2D eigenvalue weighted by atomic mass is 16.3. The van der Waals surface area contributed by atoms with Crippen LogP contribution in [0.5, 0.6) is 0 Å². The fraction of sp³-hybridized carbons (Fsp3) is 0.533. The van der Waals surface area contributed by atoms with Crippen molar-refractivity contribution in [2.45, 2.75) is 26.4 Å². The van der Waals surface area contributed by atoms with E-state index in [-0.39, 0.29) is 24.9 Å². The predicted molar refractivity (Wildman–Crippen MR) is 78.2 cm³/mol. The first-order chi connectivity index (χ1) is 8.83. The summed E-state index contributed by atoms with van der Waals surface area (Å²) in [7, 11) is 1.87. The Kier molecular flexibility index (Phi) is 5.36. The largest absolute Gasteiger partial charge is 0.388 e. The fourth-order valence-corrected chi connectivity index (χ4v) is 1.53. The van der Waals surface area contributed by atoms with Gasteiger partial charge in [0.2, 0.25) is 5.91 Å². The zero-order valence-electron chi connectivity index (χ0n) is 12.2. The van der Waals surface area contributed by atoms with Crippen molar-refractivity contribution < 1.29 is 9.90 Å². The van der Waals surface area contributed by atoms with Gasteiger partial charge in [0.05, 0.1) is 12.1 Å². The lowest BCUT2D eigenvalue weighted by Crippen LogP contribution is -2.46. The molecule has 4 heteroatoms. The third kappa shape index (κ3) is 4.91. The smallest absolute Gasteiger partial charge is 0.239 e. The Balaban J connectivity index is 2.44.